The first-order valence-corrected chi connectivity index (χ1v) is 8.87. The van der Waals surface area contributed by atoms with Crippen LogP contribution in [-0.2, 0) is 0 Å². The summed E-state index contributed by atoms with van der Waals surface area (Å²) in [4.78, 5) is 19.6. The minimum absolute atomic E-state index is 0.0616. The largest absolute Gasteiger partial charge is 0.349 e. The Labute approximate surface area is 131 Å². The number of thiophene rings is 1. The molecule has 0 unspecified atom stereocenters. The van der Waals surface area contributed by atoms with Crippen LogP contribution >= 0.6 is 23.1 Å². The molecule has 2 aliphatic rings. The van der Waals surface area contributed by atoms with Gasteiger partial charge in [0, 0.05) is 24.5 Å². The summed E-state index contributed by atoms with van der Waals surface area (Å²) in [6.45, 7) is 0.952. The van der Waals surface area contributed by atoms with Crippen LogP contribution < -0.4 is 10.2 Å². The Bertz CT molecular complexity index is 681. The van der Waals surface area contributed by atoms with Crippen molar-refractivity contribution in [3.63, 3.8) is 0 Å². The van der Waals surface area contributed by atoms with E-state index in [1.165, 1.54) is 0 Å². The number of carbonyl (C=O) groups is 1. The second-order valence-corrected chi connectivity index (χ2v) is 7.36. The van der Waals surface area contributed by atoms with E-state index in [4.69, 9.17) is 0 Å². The monoisotopic (exact) mass is 317 g/mol. The number of pyridine rings is 1. The minimum Gasteiger partial charge on any atom is -0.349 e. The molecule has 1 aliphatic carbocycles. The summed E-state index contributed by atoms with van der Waals surface area (Å²) in [7, 11) is 0. The molecule has 21 heavy (non-hydrogen) atoms. The highest BCUT2D eigenvalue weighted by atomic mass is 32.2. The third-order valence-corrected chi connectivity index (χ3v) is 5.67. The third-order valence-electron chi connectivity index (χ3n) is 3.59. The quantitative estimate of drug-likeness (QED) is 0.943. The van der Waals surface area contributed by atoms with Crippen LogP contribution in [-0.4, -0.2) is 29.2 Å². The molecule has 0 aromatic carbocycles. The zero-order valence-electron chi connectivity index (χ0n) is 11.4. The normalized spacial score (nSPS) is 17.4. The predicted octanol–water partition coefficient (Wildman–Crippen LogP) is 3.28. The van der Waals surface area contributed by atoms with Crippen molar-refractivity contribution in [1.82, 2.24) is 10.3 Å². The van der Waals surface area contributed by atoms with Crippen molar-refractivity contribution in [3.8, 4) is 0 Å². The molecule has 108 valence electrons. The molecule has 1 amide bonds. The molecule has 1 N–H and O–H groups in total. The number of anilines is 2. The zero-order chi connectivity index (χ0) is 14.2. The van der Waals surface area contributed by atoms with Gasteiger partial charge in [-0.3, -0.25) is 4.79 Å². The molecule has 0 bridgehead atoms. The van der Waals surface area contributed by atoms with Crippen molar-refractivity contribution in [1.29, 1.82) is 0 Å². The maximum Gasteiger partial charge on any atom is 0.261 e. The summed E-state index contributed by atoms with van der Waals surface area (Å²) >= 11 is 3.35. The maximum absolute atomic E-state index is 12.1. The van der Waals surface area contributed by atoms with Crippen LogP contribution in [0.2, 0.25) is 0 Å². The van der Waals surface area contributed by atoms with Gasteiger partial charge in [0.15, 0.2) is 0 Å². The number of hydrogen-bond donors (Lipinski definition) is 1. The SMILES string of the molecule is O=C(NC1CC1)c1ccc(N2CCSc3ncccc32)s1. The molecule has 0 saturated heterocycles. The molecule has 0 atom stereocenters. The van der Waals surface area contributed by atoms with E-state index in [2.05, 4.69) is 21.3 Å². The number of nitrogens with zero attached hydrogens (tertiary/aromatic N) is 2. The number of thioether (sulfide) groups is 1. The molecule has 0 spiro atoms. The van der Waals surface area contributed by atoms with Crippen LogP contribution in [0.3, 0.4) is 0 Å². The Hall–Kier alpha value is -1.53. The lowest BCUT2D eigenvalue weighted by Crippen LogP contribution is -2.24. The van der Waals surface area contributed by atoms with Crippen LogP contribution in [0.1, 0.15) is 22.5 Å². The summed E-state index contributed by atoms with van der Waals surface area (Å²) in [5.74, 6) is 1.08. The lowest BCUT2D eigenvalue weighted by molar-refractivity contribution is 0.0955. The highest BCUT2D eigenvalue weighted by Gasteiger charge is 2.26. The van der Waals surface area contributed by atoms with Crippen LogP contribution in [0, 0.1) is 0 Å². The molecule has 1 saturated carbocycles. The summed E-state index contributed by atoms with van der Waals surface area (Å²) in [5.41, 5.74) is 1.14. The summed E-state index contributed by atoms with van der Waals surface area (Å²) in [5, 5.41) is 5.23. The number of aromatic nitrogens is 1. The fourth-order valence-corrected chi connectivity index (χ4v) is 4.24. The number of fused-ring (bicyclic) bond motifs is 1. The van der Waals surface area contributed by atoms with E-state index < -0.39 is 0 Å². The molecule has 1 fully saturated rings. The van der Waals surface area contributed by atoms with Gasteiger partial charge >= 0.3 is 0 Å². The van der Waals surface area contributed by atoms with E-state index in [9.17, 15) is 4.79 Å². The molecule has 6 heteroatoms. The van der Waals surface area contributed by atoms with Gasteiger partial charge in [-0.2, -0.15) is 0 Å². The van der Waals surface area contributed by atoms with Crippen LogP contribution in [0.15, 0.2) is 35.5 Å². The van der Waals surface area contributed by atoms with Gasteiger partial charge in [0.25, 0.3) is 5.91 Å². The fraction of sp³-hybridized carbons (Fsp3) is 0.333. The topological polar surface area (TPSA) is 45.2 Å². The average molecular weight is 317 g/mol. The Morgan fingerprint density at radius 1 is 1.33 bits per heavy atom. The first-order chi connectivity index (χ1) is 10.3. The minimum atomic E-state index is 0.0616. The number of rotatable bonds is 3. The van der Waals surface area contributed by atoms with Crippen molar-refractivity contribution in [2.75, 3.05) is 17.2 Å². The van der Waals surface area contributed by atoms with E-state index in [0.29, 0.717) is 6.04 Å². The van der Waals surface area contributed by atoms with Gasteiger partial charge in [0.2, 0.25) is 0 Å². The maximum atomic E-state index is 12.1. The first kappa shape index (κ1) is 13.2. The Morgan fingerprint density at radius 2 is 2.24 bits per heavy atom. The van der Waals surface area contributed by atoms with Gasteiger partial charge in [0.05, 0.1) is 15.6 Å². The lowest BCUT2D eigenvalue weighted by atomic mass is 10.3. The average Bonchev–Trinajstić information content (AvgIpc) is 3.19. The van der Waals surface area contributed by atoms with Crippen LogP contribution in [0.4, 0.5) is 10.7 Å². The highest BCUT2D eigenvalue weighted by Crippen LogP contribution is 2.40. The molecule has 0 radical (unpaired) electrons. The molecular formula is C15H15N3OS2. The molecule has 4 nitrogen and oxygen atoms in total. The van der Waals surface area contributed by atoms with Gasteiger partial charge in [-0.15, -0.1) is 23.1 Å². The summed E-state index contributed by atoms with van der Waals surface area (Å²) in [6, 6.07) is 8.43. The Balaban J connectivity index is 1.59. The fourth-order valence-electron chi connectivity index (χ4n) is 2.36. The number of hydrogen-bond acceptors (Lipinski definition) is 5. The first-order valence-electron chi connectivity index (χ1n) is 7.07. The van der Waals surface area contributed by atoms with E-state index in [1.54, 1.807) is 23.1 Å². The van der Waals surface area contributed by atoms with E-state index in [-0.39, 0.29) is 5.91 Å². The van der Waals surface area contributed by atoms with E-state index in [1.807, 2.05) is 24.4 Å². The van der Waals surface area contributed by atoms with Crippen LogP contribution in [0.25, 0.3) is 0 Å². The van der Waals surface area contributed by atoms with E-state index >= 15 is 0 Å². The molecule has 4 rings (SSSR count). The van der Waals surface area contributed by atoms with Gasteiger partial charge < -0.3 is 10.2 Å². The molecule has 3 heterocycles. The van der Waals surface area contributed by atoms with Crippen molar-refractivity contribution in [3.05, 3.63) is 35.3 Å². The van der Waals surface area contributed by atoms with Crippen molar-refractivity contribution >= 4 is 39.7 Å². The predicted molar refractivity (Wildman–Crippen MR) is 86.8 cm³/mol. The van der Waals surface area contributed by atoms with Crippen molar-refractivity contribution in [2.45, 2.75) is 23.9 Å². The number of carbonyl (C=O) groups excluding carboxylic acids is 1. The van der Waals surface area contributed by atoms with Gasteiger partial charge in [0.1, 0.15) is 5.03 Å². The zero-order valence-corrected chi connectivity index (χ0v) is 13.0. The summed E-state index contributed by atoms with van der Waals surface area (Å²) in [6.07, 6.45) is 4.07. The lowest BCUT2D eigenvalue weighted by Gasteiger charge is -2.28. The van der Waals surface area contributed by atoms with Gasteiger partial charge in [-0.05, 0) is 37.1 Å². The van der Waals surface area contributed by atoms with Gasteiger partial charge in [-0.1, -0.05) is 0 Å². The molecule has 1 aliphatic heterocycles. The highest BCUT2D eigenvalue weighted by molar-refractivity contribution is 7.99. The smallest absolute Gasteiger partial charge is 0.261 e. The second-order valence-electron chi connectivity index (χ2n) is 5.21. The van der Waals surface area contributed by atoms with E-state index in [0.717, 1.165) is 45.7 Å². The number of nitrogens with one attached hydrogen (secondary N) is 1. The molecule has 2 aromatic rings. The Morgan fingerprint density at radius 3 is 3.10 bits per heavy atom. The van der Waals surface area contributed by atoms with Crippen molar-refractivity contribution < 1.29 is 4.79 Å². The third kappa shape index (κ3) is 2.65. The number of amides is 1. The molecule has 2 aromatic heterocycles. The Kier molecular flexibility index (Phi) is 3.35. The molecular weight excluding hydrogens is 302 g/mol. The van der Waals surface area contributed by atoms with Crippen LogP contribution in [0.5, 0.6) is 0 Å². The summed E-state index contributed by atoms with van der Waals surface area (Å²) < 4.78 is 0. The standard InChI is InChI=1S/C15H15N3OS2/c19-14(17-10-3-4-10)12-5-6-13(21-12)18-8-9-20-15-11(18)2-1-7-16-15/h1-2,5-7,10H,3-4,8-9H2,(H,17,19). The van der Waals surface area contributed by atoms with Gasteiger partial charge in [-0.25, -0.2) is 4.98 Å². The van der Waals surface area contributed by atoms with Crippen molar-refractivity contribution in [2.24, 2.45) is 0 Å². The second kappa shape index (κ2) is 5.35.